The van der Waals surface area contributed by atoms with Crippen LogP contribution in [0.5, 0.6) is 0 Å². The van der Waals surface area contributed by atoms with Crippen LogP contribution in [-0.2, 0) is 11.3 Å². The fourth-order valence-electron chi connectivity index (χ4n) is 1.74. The first-order valence-corrected chi connectivity index (χ1v) is 6.92. The number of nitrogens with two attached hydrogens (primary N) is 1. The zero-order valence-electron chi connectivity index (χ0n) is 13.1. The van der Waals surface area contributed by atoms with Gasteiger partial charge in [-0.15, -0.1) is 0 Å². The Bertz CT molecular complexity index is 521. The average molecular weight is 309 g/mol. The van der Waals surface area contributed by atoms with E-state index >= 15 is 0 Å². The Morgan fingerprint density at radius 3 is 2.36 bits per heavy atom. The molecule has 0 aliphatic heterocycles. The van der Waals surface area contributed by atoms with Gasteiger partial charge >= 0.3 is 6.09 Å². The van der Waals surface area contributed by atoms with E-state index in [1.165, 1.54) is 4.90 Å². The van der Waals surface area contributed by atoms with Crippen LogP contribution in [0, 0.1) is 0 Å². The lowest BCUT2D eigenvalue weighted by Crippen LogP contribution is -2.38. The number of hydrogen-bond acceptors (Lipinski definition) is 5. The molecule has 0 aliphatic carbocycles. The highest BCUT2D eigenvalue weighted by molar-refractivity contribution is 5.96. The van der Waals surface area contributed by atoms with Crippen molar-refractivity contribution in [3.63, 3.8) is 0 Å². The molecular weight excluding hydrogens is 286 g/mol. The molecule has 7 heteroatoms. The topological polar surface area (TPSA) is 108 Å². The third kappa shape index (κ3) is 5.61. The number of benzene rings is 1. The number of aliphatic hydroxyl groups is 1. The summed E-state index contributed by atoms with van der Waals surface area (Å²) < 4.78 is 5.31. The molecule has 7 nitrogen and oxygen atoms in total. The molecule has 0 saturated heterocycles. The Balaban J connectivity index is 2.80. The molecule has 0 spiro atoms. The molecule has 0 fully saturated rings. The lowest BCUT2D eigenvalue weighted by molar-refractivity contribution is 0.0201. The summed E-state index contributed by atoms with van der Waals surface area (Å²) in [6.07, 6.45) is -0.484. The first-order chi connectivity index (χ1) is 10.3. The number of oxime groups is 1. The van der Waals surface area contributed by atoms with Gasteiger partial charge in [0.25, 0.3) is 0 Å². The van der Waals surface area contributed by atoms with Crippen molar-refractivity contribution in [2.45, 2.75) is 32.9 Å². The summed E-state index contributed by atoms with van der Waals surface area (Å²) in [5, 5.41) is 20.6. The Hall–Kier alpha value is -2.28. The molecule has 4 N–H and O–H groups in total. The molecule has 1 aromatic carbocycles. The molecule has 0 heterocycles. The summed E-state index contributed by atoms with van der Waals surface area (Å²) in [6, 6.07) is 6.91. The van der Waals surface area contributed by atoms with Crippen molar-refractivity contribution in [1.29, 1.82) is 0 Å². The van der Waals surface area contributed by atoms with E-state index in [1.807, 2.05) is 0 Å². The minimum Gasteiger partial charge on any atom is -0.444 e. The van der Waals surface area contributed by atoms with Gasteiger partial charge in [0.1, 0.15) is 5.60 Å². The molecule has 0 aromatic heterocycles. The first-order valence-electron chi connectivity index (χ1n) is 6.92. The third-order valence-electron chi connectivity index (χ3n) is 2.75. The van der Waals surface area contributed by atoms with Crippen molar-refractivity contribution < 1.29 is 19.8 Å². The average Bonchev–Trinajstić information content (AvgIpc) is 2.45. The van der Waals surface area contributed by atoms with Crippen LogP contribution in [0.3, 0.4) is 0 Å². The van der Waals surface area contributed by atoms with Crippen molar-refractivity contribution in [3.05, 3.63) is 35.4 Å². The quantitative estimate of drug-likeness (QED) is 0.331. The van der Waals surface area contributed by atoms with Gasteiger partial charge in [0, 0.05) is 18.7 Å². The molecule has 0 aliphatic rings. The largest absolute Gasteiger partial charge is 0.444 e. The number of nitrogens with zero attached hydrogens (tertiary/aromatic N) is 2. The summed E-state index contributed by atoms with van der Waals surface area (Å²) in [5.74, 6) is 0.0194. The number of ether oxygens (including phenoxy) is 1. The van der Waals surface area contributed by atoms with Crippen LogP contribution < -0.4 is 5.73 Å². The standard InChI is InChI=1S/C15H23N3O4/c1-15(2,3)22-14(20)18(8-9-19)10-11-4-6-12(7-5-11)13(16)17-21/h4-7,19,21H,8-10H2,1-3H3,(H2,16,17). The normalized spacial score (nSPS) is 12.1. The molecule has 0 bridgehead atoms. The number of amidine groups is 1. The van der Waals surface area contributed by atoms with Gasteiger partial charge in [0.15, 0.2) is 5.84 Å². The van der Waals surface area contributed by atoms with Gasteiger partial charge < -0.3 is 25.7 Å². The van der Waals surface area contributed by atoms with Crippen LogP contribution in [0.15, 0.2) is 29.4 Å². The van der Waals surface area contributed by atoms with Crippen molar-refractivity contribution in [2.75, 3.05) is 13.2 Å². The highest BCUT2D eigenvalue weighted by Gasteiger charge is 2.21. The van der Waals surface area contributed by atoms with Crippen LogP contribution in [0.1, 0.15) is 31.9 Å². The van der Waals surface area contributed by atoms with Crippen molar-refractivity contribution in [2.24, 2.45) is 10.9 Å². The van der Waals surface area contributed by atoms with E-state index in [0.29, 0.717) is 12.1 Å². The Morgan fingerprint density at radius 1 is 1.32 bits per heavy atom. The highest BCUT2D eigenvalue weighted by atomic mass is 16.6. The van der Waals surface area contributed by atoms with E-state index in [1.54, 1.807) is 45.0 Å². The SMILES string of the molecule is CC(C)(C)OC(=O)N(CCO)Cc1ccc(/C(N)=N\O)cc1. The predicted octanol–water partition coefficient (Wildman–Crippen LogP) is 1.51. The molecule has 1 amide bonds. The van der Waals surface area contributed by atoms with Crippen LogP contribution in [0.25, 0.3) is 0 Å². The summed E-state index contributed by atoms with van der Waals surface area (Å²) in [4.78, 5) is 13.5. The highest BCUT2D eigenvalue weighted by Crippen LogP contribution is 2.13. The van der Waals surface area contributed by atoms with E-state index < -0.39 is 11.7 Å². The number of hydrogen-bond donors (Lipinski definition) is 3. The van der Waals surface area contributed by atoms with Gasteiger partial charge in [-0.1, -0.05) is 29.4 Å². The zero-order valence-corrected chi connectivity index (χ0v) is 13.1. The monoisotopic (exact) mass is 309 g/mol. The number of carbonyl (C=O) groups excluding carboxylic acids is 1. The summed E-state index contributed by atoms with van der Waals surface area (Å²) in [7, 11) is 0. The molecule has 0 atom stereocenters. The van der Waals surface area contributed by atoms with E-state index in [-0.39, 0.29) is 19.0 Å². The van der Waals surface area contributed by atoms with Crippen LogP contribution in [-0.4, -0.2) is 45.9 Å². The molecule has 1 rings (SSSR count). The lowest BCUT2D eigenvalue weighted by Gasteiger charge is -2.27. The number of aliphatic hydroxyl groups excluding tert-OH is 1. The van der Waals surface area contributed by atoms with E-state index in [9.17, 15) is 4.79 Å². The summed E-state index contributed by atoms with van der Waals surface area (Å²) in [5.41, 5.74) is 6.32. The van der Waals surface area contributed by atoms with Crippen molar-refractivity contribution in [1.82, 2.24) is 4.90 Å². The minimum absolute atomic E-state index is 0.0194. The third-order valence-corrected chi connectivity index (χ3v) is 2.75. The van der Waals surface area contributed by atoms with Gasteiger partial charge in [-0.2, -0.15) is 0 Å². The maximum Gasteiger partial charge on any atom is 0.410 e. The van der Waals surface area contributed by atoms with Gasteiger partial charge in [0.2, 0.25) is 0 Å². The minimum atomic E-state index is -0.597. The van der Waals surface area contributed by atoms with Crippen molar-refractivity contribution >= 4 is 11.9 Å². The summed E-state index contributed by atoms with van der Waals surface area (Å²) >= 11 is 0. The molecule has 0 radical (unpaired) electrons. The van der Waals surface area contributed by atoms with Crippen LogP contribution in [0.2, 0.25) is 0 Å². The maximum absolute atomic E-state index is 12.1. The smallest absolute Gasteiger partial charge is 0.410 e. The Morgan fingerprint density at radius 2 is 1.91 bits per heavy atom. The van der Waals surface area contributed by atoms with Crippen LogP contribution in [0.4, 0.5) is 4.79 Å². The maximum atomic E-state index is 12.1. The Labute approximate surface area is 130 Å². The van der Waals surface area contributed by atoms with E-state index in [2.05, 4.69) is 5.16 Å². The molecule has 0 unspecified atom stereocenters. The van der Waals surface area contributed by atoms with Gasteiger partial charge in [0.05, 0.1) is 6.61 Å². The lowest BCUT2D eigenvalue weighted by atomic mass is 10.1. The van der Waals surface area contributed by atoms with E-state index in [4.69, 9.17) is 20.8 Å². The number of rotatable bonds is 5. The number of amides is 1. The Kier molecular flexibility index (Phi) is 6.18. The molecule has 122 valence electrons. The fourth-order valence-corrected chi connectivity index (χ4v) is 1.74. The van der Waals surface area contributed by atoms with Gasteiger partial charge in [-0.25, -0.2) is 4.79 Å². The van der Waals surface area contributed by atoms with Gasteiger partial charge in [-0.3, -0.25) is 0 Å². The zero-order chi connectivity index (χ0) is 16.8. The second-order valence-corrected chi connectivity index (χ2v) is 5.81. The second-order valence-electron chi connectivity index (χ2n) is 5.81. The van der Waals surface area contributed by atoms with Gasteiger partial charge in [-0.05, 0) is 26.3 Å². The molecule has 22 heavy (non-hydrogen) atoms. The van der Waals surface area contributed by atoms with Crippen LogP contribution >= 0.6 is 0 Å². The van der Waals surface area contributed by atoms with E-state index in [0.717, 1.165) is 5.56 Å². The summed E-state index contributed by atoms with van der Waals surface area (Å²) in [6.45, 7) is 5.68. The first kappa shape index (κ1) is 17.8. The fraction of sp³-hybridized carbons (Fsp3) is 0.467. The van der Waals surface area contributed by atoms with Crippen molar-refractivity contribution in [3.8, 4) is 0 Å². The number of carbonyl (C=O) groups is 1. The molecule has 0 saturated carbocycles. The second kappa shape index (κ2) is 7.65. The predicted molar refractivity (Wildman–Crippen MR) is 82.7 cm³/mol. The molecule has 1 aromatic rings. The molecular formula is C15H23N3O4.